The van der Waals surface area contributed by atoms with E-state index in [0.29, 0.717) is 41.9 Å². The van der Waals surface area contributed by atoms with E-state index < -0.39 is 18.4 Å². The lowest BCUT2D eigenvalue weighted by Crippen LogP contribution is -2.45. The Labute approximate surface area is 155 Å². The van der Waals surface area contributed by atoms with E-state index in [9.17, 15) is 23.2 Å². The summed E-state index contributed by atoms with van der Waals surface area (Å²) in [5.41, 5.74) is 1.02. The number of piperidine rings is 1. The molecule has 150 valence electrons. The van der Waals surface area contributed by atoms with Crippen molar-refractivity contribution >= 4 is 17.8 Å². The van der Waals surface area contributed by atoms with Crippen molar-refractivity contribution < 1.29 is 28.3 Å². The smallest absolute Gasteiger partial charge is 0.333 e. The number of carbonyl (C=O) groups excluding carboxylic acids is 2. The van der Waals surface area contributed by atoms with Crippen LogP contribution < -0.4 is 0 Å². The molecular weight excluding hydrogens is 362 g/mol. The normalized spacial score (nSPS) is 15.3. The zero-order valence-corrected chi connectivity index (χ0v) is 15.6. The molecule has 1 fully saturated rings. The molecule has 1 N–H and O–H groups in total. The summed E-state index contributed by atoms with van der Waals surface area (Å²) in [5.74, 6) is -1.93. The predicted octanol–water partition coefficient (Wildman–Crippen LogP) is 1.22. The molecule has 0 spiro atoms. The number of hydrogen-bond donors (Lipinski definition) is 1. The highest BCUT2D eigenvalue weighted by atomic mass is 19.3. The number of alkyl halides is 2. The Morgan fingerprint density at radius 1 is 1.26 bits per heavy atom. The van der Waals surface area contributed by atoms with Gasteiger partial charge in [-0.3, -0.25) is 14.4 Å². The summed E-state index contributed by atoms with van der Waals surface area (Å²) >= 11 is 0. The Hall–Kier alpha value is -2.52. The quantitative estimate of drug-likeness (QED) is 0.793. The van der Waals surface area contributed by atoms with Gasteiger partial charge < -0.3 is 14.9 Å². The molecule has 0 radical (unpaired) electrons. The highest BCUT2D eigenvalue weighted by molar-refractivity contribution is 5.86. The predicted molar refractivity (Wildman–Crippen MR) is 91.2 cm³/mol. The van der Waals surface area contributed by atoms with Crippen LogP contribution in [0, 0.1) is 19.8 Å². The summed E-state index contributed by atoms with van der Waals surface area (Å²) in [6.07, 6.45) is 0.670. The lowest BCUT2D eigenvalue weighted by atomic mass is 9.97. The van der Waals surface area contributed by atoms with Crippen molar-refractivity contribution in [1.82, 2.24) is 19.6 Å². The summed E-state index contributed by atoms with van der Waals surface area (Å²) in [7, 11) is 1.48. The fourth-order valence-electron chi connectivity index (χ4n) is 3.20. The second-order valence-electron chi connectivity index (χ2n) is 6.79. The largest absolute Gasteiger partial charge is 0.481 e. The zero-order valence-electron chi connectivity index (χ0n) is 15.6. The van der Waals surface area contributed by atoms with Gasteiger partial charge in [0, 0.05) is 31.4 Å². The average Bonchev–Trinajstić information content (AvgIpc) is 2.90. The van der Waals surface area contributed by atoms with Crippen LogP contribution in [0.5, 0.6) is 0 Å². The monoisotopic (exact) mass is 386 g/mol. The average molecular weight is 386 g/mol. The summed E-state index contributed by atoms with van der Waals surface area (Å²) in [5, 5.41) is 12.7. The molecule has 2 rings (SSSR count). The van der Waals surface area contributed by atoms with Crippen LogP contribution in [0.2, 0.25) is 0 Å². The van der Waals surface area contributed by atoms with Crippen molar-refractivity contribution in [2.24, 2.45) is 5.92 Å². The van der Waals surface area contributed by atoms with E-state index in [1.54, 1.807) is 11.8 Å². The molecule has 10 heteroatoms. The molecule has 1 aliphatic heterocycles. The summed E-state index contributed by atoms with van der Waals surface area (Å²) in [4.78, 5) is 38.5. The Morgan fingerprint density at radius 3 is 2.33 bits per heavy atom. The van der Waals surface area contributed by atoms with Gasteiger partial charge in [0.25, 0.3) is 0 Å². The molecule has 0 saturated carbocycles. The lowest BCUT2D eigenvalue weighted by molar-refractivity contribution is -0.146. The Balaban J connectivity index is 1.93. The van der Waals surface area contributed by atoms with Gasteiger partial charge in [-0.05, 0) is 26.7 Å². The van der Waals surface area contributed by atoms with Crippen molar-refractivity contribution in [2.45, 2.75) is 39.7 Å². The highest BCUT2D eigenvalue weighted by Gasteiger charge is 2.28. The van der Waals surface area contributed by atoms with Crippen LogP contribution in [0.1, 0.15) is 36.3 Å². The van der Waals surface area contributed by atoms with Crippen molar-refractivity contribution in [1.29, 1.82) is 0 Å². The van der Waals surface area contributed by atoms with Crippen molar-refractivity contribution in [3.63, 3.8) is 0 Å². The number of amides is 2. The molecule has 0 unspecified atom stereocenters. The standard InChI is InChI=1S/C17H24F2N4O4/c1-10-13(11(2)23(20-10)17(18)19)8-14(24)21(3)9-15(25)22-6-4-12(5-7-22)16(26)27/h12,17H,4-9H2,1-3H3,(H,26,27). The third-order valence-corrected chi connectivity index (χ3v) is 4.98. The van der Waals surface area contributed by atoms with Crippen LogP contribution in [0.4, 0.5) is 8.78 Å². The second kappa shape index (κ2) is 8.45. The number of carboxylic acid groups (broad SMARTS) is 1. The Morgan fingerprint density at radius 2 is 1.85 bits per heavy atom. The van der Waals surface area contributed by atoms with Gasteiger partial charge in [-0.1, -0.05) is 0 Å². The van der Waals surface area contributed by atoms with Crippen LogP contribution in [-0.2, 0) is 20.8 Å². The number of nitrogens with zero attached hydrogens (tertiary/aromatic N) is 4. The van der Waals surface area contributed by atoms with Crippen LogP contribution in [-0.4, -0.2) is 69.2 Å². The van der Waals surface area contributed by atoms with E-state index in [0.717, 1.165) is 0 Å². The maximum atomic E-state index is 12.9. The number of carbonyl (C=O) groups is 3. The SMILES string of the molecule is Cc1nn(C(F)F)c(C)c1CC(=O)N(C)CC(=O)N1CCC(C(=O)O)CC1. The molecule has 1 aromatic heterocycles. The fraction of sp³-hybridized carbons (Fsp3) is 0.647. The lowest BCUT2D eigenvalue weighted by Gasteiger charge is -2.31. The zero-order chi connectivity index (χ0) is 20.3. The molecule has 2 heterocycles. The molecule has 8 nitrogen and oxygen atoms in total. The van der Waals surface area contributed by atoms with Crippen molar-refractivity contribution in [3.8, 4) is 0 Å². The number of halogens is 2. The summed E-state index contributed by atoms with van der Waals surface area (Å²) in [6.45, 7) is 0.811. The van der Waals surface area contributed by atoms with Crippen LogP contribution in [0.3, 0.4) is 0 Å². The van der Waals surface area contributed by atoms with E-state index in [-0.39, 0.29) is 30.5 Å². The van der Waals surface area contributed by atoms with Gasteiger partial charge in [0.15, 0.2) is 0 Å². The number of likely N-dealkylation sites (N-methyl/N-ethyl adjacent to an activating group) is 1. The fourth-order valence-corrected chi connectivity index (χ4v) is 3.20. The third kappa shape index (κ3) is 4.81. The Bertz CT molecular complexity index is 727. The summed E-state index contributed by atoms with van der Waals surface area (Å²) in [6, 6.07) is 0. The van der Waals surface area contributed by atoms with Crippen LogP contribution >= 0.6 is 0 Å². The maximum Gasteiger partial charge on any atom is 0.333 e. The number of aryl methyl sites for hydroxylation is 1. The van der Waals surface area contributed by atoms with E-state index >= 15 is 0 Å². The first-order valence-corrected chi connectivity index (χ1v) is 8.69. The number of aliphatic carboxylic acids is 1. The first-order chi connectivity index (χ1) is 12.6. The minimum absolute atomic E-state index is 0.116. The van der Waals surface area contributed by atoms with Gasteiger partial charge in [-0.15, -0.1) is 0 Å². The first kappa shape index (κ1) is 20.8. The van der Waals surface area contributed by atoms with E-state index in [1.807, 2.05) is 0 Å². The highest BCUT2D eigenvalue weighted by Crippen LogP contribution is 2.20. The van der Waals surface area contributed by atoms with Gasteiger partial charge in [0.1, 0.15) is 0 Å². The number of likely N-dealkylation sites (tertiary alicyclic amines) is 1. The minimum atomic E-state index is -2.78. The van der Waals surface area contributed by atoms with Crippen LogP contribution in [0.25, 0.3) is 0 Å². The van der Waals surface area contributed by atoms with E-state index in [1.165, 1.54) is 18.9 Å². The van der Waals surface area contributed by atoms with Gasteiger partial charge in [-0.2, -0.15) is 13.9 Å². The molecule has 2 amide bonds. The van der Waals surface area contributed by atoms with Crippen molar-refractivity contribution in [2.75, 3.05) is 26.7 Å². The topological polar surface area (TPSA) is 95.7 Å². The number of hydrogen-bond acceptors (Lipinski definition) is 4. The summed E-state index contributed by atoms with van der Waals surface area (Å²) < 4.78 is 26.4. The molecule has 1 saturated heterocycles. The molecule has 27 heavy (non-hydrogen) atoms. The molecule has 0 atom stereocenters. The van der Waals surface area contributed by atoms with E-state index in [4.69, 9.17) is 5.11 Å². The second-order valence-corrected chi connectivity index (χ2v) is 6.79. The van der Waals surface area contributed by atoms with Crippen LogP contribution in [0.15, 0.2) is 0 Å². The number of carboxylic acids is 1. The number of aromatic nitrogens is 2. The maximum absolute atomic E-state index is 12.9. The van der Waals surface area contributed by atoms with Crippen molar-refractivity contribution in [3.05, 3.63) is 17.0 Å². The van der Waals surface area contributed by atoms with Gasteiger partial charge in [0.05, 0.1) is 24.6 Å². The van der Waals surface area contributed by atoms with Gasteiger partial charge in [0.2, 0.25) is 11.8 Å². The molecule has 0 aliphatic carbocycles. The van der Waals surface area contributed by atoms with E-state index in [2.05, 4.69) is 5.10 Å². The third-order valence-electron chi connectivity index (χ3n) is 4.98. The molecule has 1 aromatic rings. The van der Waals surface area contributed by atoms with Gasteiger partial charge >= 0.3 is 12.5 Å². The first-order valence-electron chi connectivity index (χ1n) is 8.69. The van der Waals surface area contributed by atoms with Gasteiger partial charge in [-0.25, -0.2) is 4.68 Å². The Kier molecular flexibility index (Phi) is 6.50. The molecule has 0 aromatic carbocycles. The molecule has 1 aliphatic rings. The number of rotatable bonds is 6. The molecular formula is C17H24F2N4O4. The molecule has 0 bridgehead atoms. The minimum Gasteiger partial charge on any atom is -0.481 e.